The van der Waals surface area contributed by atoms with E-state index in [1.807, 2.05) is 10.9 Å². The molecule has 0 spiro atoms. The van der Waals surface area contributed by atoms with E-state index in [4.69, 9.17) is 4.42 Å². The number of hydrogen-bond acceptors (Lipinski definition) is 3. The molecule has 1 aromatic heterocycles. The van der Waals surface area contributed by atoms with Gasteiger partial charge in [0.25, 0.3) is 5.91 Å². The zero-order valence-electron chi connectivity index (χ0n) is 9.44. The second-order valence-electron chi connectivity index (χ2n) is 3.54. The van der Waals surface area contributed by atoms with E-state index in [1.54, 1.807) is 0 Å². The molecule has 0 bridgehead atoms. The number of benzene rings is 1. The molecule has 7 heteroatoms. The van der Waals surface area contributed by atoms with Gasteiger partial charge in [0.1, 0.15) is 11.6 Å². The molecule has 19 heavy (non-hydrogen) atoms. The van der Waals surface area contributed by atoms with Crippen molar-refractivity contribution in [3.63, 3.8) is 0 Å². The van der Waals surface area contributed by atoms with Gasteiger partial charge >= 0.3 is 5.91 Å². The highest BCUT2D eigenvalue weighted by molar-refractivity contribution is 5.97. The molecular formula is C12H8F2N2O3. The summed E-state index contributed by atoms with van der Waals surface area (Å²) < 4.78 is 30.6. The summed E-state index contributed by atoms with van der Waals surface area (Å²) in [5.41, 5.74) is 3.80. The maximum absolute atomic E-state index is 12.9. The summed E-state index contributed by atoms with van der Waals surface area (Å²) in [6.45, 7) is 0. The van der Waals surface area contributed by atoms with Crippen LogP contribution in [0.3, 0.4) is 0 Å². The summed E-state index contributed by atoms with van der Waals surface area (Å²) >= 11 is 0. The normalized spacial score (nSPS) is 10.0. The van der Waals surface area contributed by atoms with Gasteiger partial charge in [-0.15, -0.1) is 0 Å². The third-order valence-electron chi connectivity index (χ3n) is 2.16. The molecule has 0 aliphatic rings. The molecule has 0 fully saturated rings. The predicted octanol–water partition coefficient (Wildman–Crippen LogP) is 1.63. The third-order valence-corrected chi connectivity index (χ3v) is 2.16. The van der Waals surface area contributed by atoms with Crippen molar-refractivity contribution in [2.24, 2.45) is 0 Å². The van der Waals surface area contributed by atoms with Gasteiger partial charge in [-0.1, -0.05) is 0 Å². The first kappa shape index (κ1) is 12.7. The van der Waals surface area contributed by atoms with Gasteiger partial charge in [0.15, 0.2) is 5.76 Å². The first-order valence-corrected chi connectivity index (χ1v) is 5.16. The first-order chi connectivity index (χ1) is 9.06. The first-order valence-electron chi connectivity index (χ1n) is 5.16. The van der Waals surface area contributed by atoms with Gasteiger partial charge < -0.3 is 4.42 Å². The van der Waals surface area contributed by atoms with E-state index < -0.39 is 23.4 Å². The lowest BCUT2D eigenvalue weighted by molar-refractivity contribution is 0.0830. The van der Waals surface area contributed by atoms with Gasteiger partial charge in [-0.25, -0.2) is 8.78 Å². The maximum Gasteiger partial charge on any atom is 0.305 e. The molecule has 1 aromatic carbocycles. The van der Waals surface area contributed by atoms with Crippen molar-refractivity contribution in [1.29, 1.82) is 0 Å². The van der Waals surface area contributed by atoms with Gasteiger partial charge in [-0.2, -0.15) is 0 Å². The molecule has 0 unspecified atom stereocenters. The molecule has 0 saturated heterocycles. The van der Waals surface area contributed by atoms with E-state index >= 15 is 0 Å². The average Bonchev–Trinajstić information content (AvgIpc) is 2.88. The monoisotopic (exact) mass is 266 g/mol. The second kappa shape index (κ2) is 5.30. The van der Waals surface area contributed by atoms with E-state index in [0.29, 0.717) is 6.07 Å². The fourth-order valence-electron chi connectivity index (χ4n) is 1.34. The third kappa shape index (κ3) is 3.15. The maximum atomic E-state index is 12.9. The molecule has 0 aliphatic carbocycles. The van der Waals surface area contributed by atoms with Crippen LogP contribution in [0.2, 0.25) is 0 Å². The van der Waals surface area contributed by atoms with Crippen molar-refractivity contribution >= 4 is 11.8 Å². The van der Waals surface area contributed by atoms with Crippen LogP contribution in [0.5, 0.6) is 0 Å². The molecule has 2 aromatic rings. The van der Waals surface area contributed by atoms with Gasteiger partial charge in [-0.05, 0) is 24.3 Å². The zero-order valence-corrected chi connectivity index (χ0v) is 9.44. The van der Waals surface area contributed by atoms with Crippen LogP contribution in [-0.2, 0) is 0 Å². The summed E-state index contributed by atoms with van der Waals surface area (Å²) in [5.74, 6) is -3.32. The molecule has 0 radical (unpaired) electrons. The predicted molar refractivity (Wildman–Crippen MR) is 60.0 cm³/mol. The molecule has 98 valence electrons. The quantitative estimate of drug-likeness (QED) is 0.811. The molecule has 0 atom stereocenters. The number of hydrazine groups is 1. The lowest BCUT2D eigenvalue weighted by Crippen LogP contribution is -2.41. The van der Waals surface area contributed by atoms with E-state index in [2.05, 4.69) is 0 Å². The molecule has 5 nitrogen and oxygen atoms in total. The fourth-order valence-corrected chi connectivity index (χ4v) is 1.34. The molecule has 2 rings (SSSR count). The van der Waals surface area contributed by atoms with Crippen LogP contribution in [0.15, 0.2) is 41.0 Å². The standard InChI is InChI=1S/C12H8F2N2O3/c13-8-4-7(5-9(14)6-8)11(17)15-16-12(18)10-2-1-3-19-10/h1-6H,(H,15,17)(H,16,18). The molecule has 2 N–H and O–H groups in total. The summed E-state index contributed by atoms with van der Waals surface area (Å²) in [5, 5.41) is 0. The summed E-state index contributed by atoms with van der Waals surface area (Å²) in [7, 11) is 0. The molecule has 0 aliphatic heterocycles. The Morgan fingerprint density at radius 3 is 2.21 bits per heavy atom. The lowest BCUT2D eigenvalue weighted by Gasteiger charge is -2.06. The highest BCUT2D eigenvalue weighted by Crippen LogP contribution is 2.07. The molecular weight excluding hydrogens is 258 g/mol. The van der Waals surface area contributed by atoms with Crippen LogP contribution in [-0.4, -0.2) is 11.8 Å². The SMILES string of the molecule is O=C(NNC(=O)c1ccco1)c1cc(F)cc(F)c1. The van der Waals surface area contributed by atoms with Crippen LogP contribution in [0.1, 0.15) is 20.9 Å². The highest BCUT2D eigenvalue weighted by atomic mass is 19.1. The fraction of sp³-hybridized carbons (Fsp3) is 0. The number of rotatable bonds is 2. The van der Waals surface area contributed by atoms with Crippen molar-refractivity contribution in [2.45, 2.75) is 0 Å². The Labute approximate surface area is 106 Å². The van der Waals surface area contributed by atoms with Crippen LogP contribution >= 0.6 is 0 Å². The van der Waals surface area contributed by atoms with Crippen molar-refractivity contribution in [3.8, 4) is 0 Å². The molecule has 2 amide bonds. The van der Waals surface area contributed by atoms with Gasteiger partial charge in [0, 0.05) is 11.6 Å². The second-order valence-corrected chi connectivity index (χ2v) is 3.54. The Hall–Kier alpha value is -2.70. The topological polar surface area (TPSA) is 71.3 Å². The number of carbonyl (C=O) groups is 2. The Kier molecular flexibility index (Phi) is 3.56. The highest BCUT2D eigenvalue weighted by Gasteiger charge is 2.12. The lowest BCUT2D eigenvalue weighted by atomic mass is 10.2. The minimum Gasteiger partial charge on any atom is -0.459 e. The average molecular weight is 266 g/mol. The van der Waals surface area contributed by atoms with Crippen LogP contribution in [0.4, 0.5) is 8.78 Å². The number of nitrogens with one attached hydrogen (secondary N) is 2. The van der Waals surface area contributed by atoms with Gasteiger partial charge in [0.05, 0.1) is 6.26 Å². The van der Waals surface area contributed by atoms with Crippen molar-refractivity contribution in [1.82, 2.24) is 10.9 Å². The Balaban J connectivity index is 2.00. The summed E-state index contributed by atoms with van der Waals surface area (Å²) in [6.07, 6.45) is 1.29. The minimum absolute atomic E-state index is 0.00859. The van der Waals surface area contributed by atoms with E-state index in [0.717, 1.165) is 12.1 Å². The van der Waals surface area contributed by atoms with Crippen LogP contribution < -0.4 is 10.9 Å². The Morgan fingerprint density at radius 1 is 1.00 bits per heavy atom. The number of carbonyl (C=O) groups excluding carboxylic acids is 2. The summed E-state index contributed by atoms with van der Waals surface area (Å²) in [4.78, 5) is 22.9. The summed E-state index contributed by atoms with van der Waals surface area (Å²) in [6, 6.07) is 5.22. The van der Waals surface area contributed by atoms with Crippen molar-refractivity contribution < 1.29 is 22.8 Å². The number of halogens is 2. The van der Waals surface area contributed by atoms with E-state index in [1.165, 1.54) is 18.4 Å². The van der Waals surface area contributed by atoms with Gasteiger partial charge in [0.2, 0.25) is 0 Å². The van der Waals surface area contributed by atoms with E-state index in [9.17, 15) is 18.4 Å². The molecule has 0 saturated carbocycles. The number of hydrogen-bond donors (Lipinski definition) is 2. The number of furan rings is 1. The zero-order chi connectivity index (χ0) is 13.8. The largest absolute Gasteiger partial charge is 0.459 e. The Morgan fingerprint density at radius 2 is 1.63 bits per heavy atom. The van der Waals surface area contributed by atoms with E-state index in [-0.39, 0.29) is 11.3 Å². The number of amides is 2. The van der Waals surface area contributed by atoms with Crippen LogP contribution in [0.25, 0.3) is 0 Å². The van der Waals surface area contributed by atoms with Crippen molar-refractivity contribution in [2.75, 3.05) is 0 Å². The minimum atomic E-state index is -0.887. The van der Waals surface area contributed by atoms with Crippen LogP contribution in [0, 0.1) is 11.6 Å². The molecule has 1 heterocycles. The van der Waals surface area contributed by atoms with Crippen molar-refractivity contribution in [3.05, 3.63) is 59.6 Å². The van der Waals surface area contributed by atoms with Gasteiger partial charge in [-0.3, -0.25) is 20.4 Å². The smallest absolute Gasteiger partial charge is 0.305 e. The Bertz CT molecular complexity index is 591.